The van der Waals surface area contributed by atoms with Gasteiger partial charge in [-0.3, -0.25) is 9.48 Å². The molecule has 0 unspecified atom stereocenters. The molecule has 1 aromatic carbocycles. The van der Waals surface area contributed by atoms with E-state index in [1.807, 2.05) is 0 Å². The van der Waals surface area contributed by atoms with Gasteiger partial charge in [-0.2, -0.15) is 5.10 Å². The number of benzene rings is 1. The molecular weight excluding hydrogens is 319 g/mol. The quantitative estimate of drug-likeness (QED) is 0.830. The largest absolute Gasteiger partial charge is 0.503 e. The highest BCUT2D eigenvalue weighted by molar-refractivity contribution is 6.00. The van der Waals surface area contributed by atoms with E-state index in [0.29, 0.717) is 13.1 Å². The molecule has 0 aliphatic carbocycles. The molecule has 24 heavy (non-hydrogen) atoms. The summed E-state index contributed by atoms with van der Waals surface area (Å²) in [6.45, 7) is 0.981. The monoisotopic (exact) mass is 333 g/mol. The molecule has 2 heterocycles. The van der Waals surface area contributed by atoms with E-state index in [4.69, 9.17) is 0 Å². The summed E-state index contributed by atoms with van der Waals surface area (Å²) in [5, 5.41) is 14.0. The standard InChI is InChI=1S/C15H14FN3O4.N/c1-23-15(22)11-13(20)12-14(21)18(6-7-19(12)17-11)8-9-2-4-10(16)5-3-9;/h2-5,20H,6-8H2,1H3;. The number of methoxy groups -OCH3 is 1. The number of aromatic hydroxyl groups is 1. The molecule has 0 spiro atoms. The first-order valence-electron chi connectivity index (χ1n) is 6.93. The predicted molar refractivity (Wildman–Crippen MR) is 78.5 cm³/mol. The lowest BCUT2D eigenvalue weighted by Crippen LogP contribution is -2.39. The van der Waals surface area contributed by atoms with Crippen molar-refractivity contribution < 1.29 is 23.8 Å². The molecular formula is C15H14FN4O4. The third-order valence-electron chi connectivity index (χ3n) is 3.66. The number of esters is 1. The van der Waals surface area contributed by atoms with E-state index < -0.39 is 17.6 Å². The maximum absolute atomic E-state index is 12.9. The average molecular weight is 333 g/mol. The second-order valence-corrected chi connectivity index (χ2v) is 5.11. The fourth-order valence-corrected chi connectivity index (χ4v) is 2.49. The molecule has 3 rings (SSSR count). The summed E-state index contributed by atoms with van der Waals surface area (Å²) in [6, 6.07) is 5.82. The molecule has 0 atom stereocenters. The molecule has 1 amide bonds. The Bertz CT molecular complexity index is 773. The molecule has 8 nitrogen and oxygen atoms in total. The number of fused-ring (bicyclic) bond motifs is 1. The lowest BCUT2D eigenvalue weighted by atomic mass is 10.1. The third kappa shape index (κ3) is 2.93. The highest BCUT2D eigenvalue weighted by Crippen LogP contribution is 2.27. The Morgan fingerprint density at radius 2 is 2.00 bits per heavy atom. The molecule has 3 radical (unpaired) electrons. The van der Waals surface area contributed by atoms with Crippen molar-refractivity contribution in [2.45, 2.75) is 13.1 Å². The van der Waals surface area contributed by atoms with Crippen LogP contribution in [0, 0.1) is 5.82 Å². The molecule has 0 saturated heterocycles. The van der Waals surface area contributed by atoms with Crippen LogP contribution in [0.1, 0.15) is 26.5 Å². The van der Waals surface area contributed by atoms with Crippen molar-refractivity contribution in [1.82, 2.24) is 20.8 Å². The first-order valence-corrected chi connectivity index (χ1v) is 6.93. The number of hydrogen-bond acceptors (Lipinski definition) is 5. The summed E-state index contributed by atoms with van der Waals surface area (Å²) >= 11 is 0. The summed E-state index contributed by atoms with van der Waals surface area (Å²) in [4.78, 5) is 25.6. The first kappa shape index (κ1) is 17.4. The molecule has 1 aromatic heterocycles. The number of nitrogens with zero attached hydrogens (tertiary/aromatic N) is 4. The predicted octanol–water partition coefficient (Wildman–Crippen LogP) is 0.690. The number of rotatable bonds is 3. The van der Waals surface area contributed by atoms with Crippen LogP contribution in [0.15, 0.2) is 24.3 Å². The van der Waals surface area contributed by atoms with Gasteiger partial charge in [-0.05, 0) is 17.7 Å². The Balaban J connectivity index is 0.00000208. The van der Waals surface area contributed by atoms with Crippen LogP contribution < -0.4 is 6.15 Å². The Morgan fingerprint density at radius 1 is 1.33 bits per heavy atom. The summed E-state index contributed by atoms with van der Waals surface area (Å²) in [5.41, 5.74) is 0.443. The van der Waals surface area contributed by atoms with Gasteiger partial charge in [0.15, 0.2) is 11.4 Å². The average Bonchev–Trinajstić information content (AvgIpc) is 2.89. The van der Waals surface area contributed by atoms with Gasteiger partial charge in [0.25, 0.3) is 5.91 Å². The first-order chi connectivity index (χ1) is 11.0. The molecule has 1 aliphatic rings. The Hall–Kier alpha value is -2.94. The van der Waals surface area contributed by atoms with Crippen LogP contribution in [0.5, 0.6) is 5.75 Å². The minimum absolute atomic E-state index is 0. The van der Waals surface area contributed by atoms with Crippen molar-refractivity contribution in [3.8, 4) is 5.75 Å². The summed E-state index contributed by atoms with van der Waals surface area (Å²) < 4.78 is 18.8. The molecule has 1 aliphatic heterocycles. The zero-order valence-electron chi connectivity index (χ0n) is 12.8. The lowest BCUT2D eigenvalue weighted by molar-refractivity contribution is 0.0588. The van der Waals surface area contributed by atoms with Crippen LogP contribution in [0.25, 0.3) is 0 Å². The van der Waals surface area contributed by atoms with Gasteiger partial charge < -0.3 is 14.7 Å². The van der Waals surface area contributed by atoms with Crippen molar-refractivity contribution in [3.05, 3.63) is 47.0 Å². The van der Waals surface area contributed by atoms with Crippen molar-refractivity contribution >= 4 is 11.9 Å². The fourth-order valence-electron chi connectivity index (χ4n) is 2.49. The normalized spacial score (nSPS) is 13.2. The maximum Gasteiger partial charge on any atom is 0.362 e. The molecule has 9 heteroatoms. The van der Waals surface area contributed by atoms with E-state index in [9.17, 15) is 19.1 Å². The second-order valence-electron chi connectivity index (χ2n) is 5.11. The van der Waals surface area contributed by atoms with Crippen molar-refractivity contribution in [3.63, 3.8) is 0 Å². The minimum atomic E-state index is -0.803. The van der Waals surface area contributed by atoms with Gasteiger partial charge in [-0.25, -0.2) is 9.18 Å². The molecule has 2 aromatic rings. The van der Waals surface area contributed by atoms with Crippen LogP contribution in [-0.2, 0) is 17.8 Å². The number of carbonyl (C=O) groups is 2. The Kier molecular flexibility index (Phi) is 4.84. The number of aromatic nitrogens is 2. The zero-order valence-corrected chi connectivity index (χ0v) is 12.8. The van der Waals surface area contributed by atoms with Gasteiger partial charge in [0, 0.05) is 19.2 Å². The van der Waals surface area contributed by atoms with Crippen molar-refractivity contribution in [1.29, 1.82) is 0 Å². The minimum Gasteiger partial charge on any atom is -0.503 e. The van der Waals surface area contributed by atoms with E-state index in [2.05, 4.69) is 9.84 Å². The summed E-state index contributed by atoms with van der Waals surface area (Å²) in [6.07, 6.45) is 0. The zero-order chi connectivity index (χ0) is 16.6. The Labute approximate surface area is 137 Å². The van der Waals surface area contributed by atoms with Gasteiger partial charge in [0.2, 0.25) is 5.69 Å². The maximum atomic E-state index is 12.9. The van der Waals surface area contributed by atoms with Crippen LogP contribution in [0.2, 0.25) is 0 Å². The summed E-state index contributed by atoms with van der Waals surface area (Å²) in [5.74, 6) is -2.08. The van der Waals surface area contributed by atoms with Gasteiger partial charge in [0.05, 0.1) is 13.7 Å². The smallest absolute Gasteiger partial charge is 0.362 e. The van der Waals surface area contributed by atoms with Gasteiger partial charge in [-0.15, -0.1) is 0 Å². The van der Waals surface area contributed by atoms with Crippen LogP contribution in [0.4, 0.5) is 4.39 Å². The van der Waals surface area contributed by atoms with Crippen LogP contribution in [0.3, 0.4) is 0 Å². The van der Waals surface area contributed by atoms with Gasteiger partial charge >= 0.3 is 5.97 Å². The van der Waals surface area contributed by atoms with Gasteiger partial charge in [-0.1, -0.05) is 12.1 Å². The van der Waals surface area contributed by atoms with E-state index in [0.717, 1.165) is 5.56 Å². The summed E-state index contributed by atoms with van der Waals surface area (Å²) in [7, 11) is 1.17. The van der Waals surface area contributed by atoms with Gasteiger partial charge in [0.1, 0.15) is 5.82 Å². The van der Waals surface area contributed by atoms with Crippen molar-refractivity contribution in [2.75, 3.05) is 13.7 Å². The number of halogens is 1. The van der Waals surface area contributed by atoms with Crippen molar-refractivity contribution in [2.24, 2.45) is 0 Å². The highest BCUT2D eigenvalue weighted by Gasteiger charge is 2.33. The highest BCUT2D eigenvalue weighted by atomic mass is 19.1. The third-order valence-corrected chi connectivity index (χ3v) is 3.66. The van der Waals surface area contributed by atoms with E-state index in [-0.39, 0.29) is 29.9 Å². The molecule has 0 saturated carbocycles. The molecule has 125 valence electrons. The second kappa shape index (κ2) is 6.67. The van der Waals surface area contributed by atoms with E-state index >= 15 is 0 Å². The van der Waals surface area contributed by atoms with E-state index in [1.165, 1.54) is 28.8 Å². The molecule has 0 bridgehead atoms. The molecule has 1 N–H and O–H groups in total. The molecule has 0 fully saturated rings. The lowest BCUT2D eigenvalue weighted by Gasteiger charge is -2.27. The van der Waals surface area contributed by atoms with E-state index in [1.54, 1.807) is 12.1 Å². The van der Waals surface area contributed by atoms with Crippen LogP contribution in [-0.4, -0.2) is 45.3 Å². The topological polar surface area (TPSA) is 115 Å². The number of carbonyl (C=O) groups excluding carboxylic acids is 2. The number of amides is 1. The van der Waals surface area contributed by atoms with Crippen LogP contribution >= 0.6 is 0 Å². The number of hydrogen-bond donors (Lipinski definition) is 1. The number of ether oxygens (including phenoxy) is 1. The fraction of sp³-hybridized carbons (Fsp3) is 0.267. The Morgan fingerprint density at radius 3 is 2.62 bits per heavy atom. The SMILES string of the molecule is COC(=O)c1nn2c(c1O)C(=O)N(Cc1ccc(F)cc1)CC2.[N].